The SMILES string of the molecule is CC1(C)O[C@@H]2C(COCc3ccccc3)=C(I)C(=O)[C@@H]2O1. The Balaban J connectivity index is 1.66. The van der Waals surface area contributed by atoms with Crippen molar-refractivity contribution in [3.05, 3.63) is 45.0 Å². The van der Waals surface area contributed by atoms with Crippen LogP contribution in [-0.4, -0.2) is 30.4 Å². The molecule has 2 atom stereocenters. The highest BCUT2D eigenvalue weighted by atomic mass is 127. The molecule has 21 heavy (non-hydrogen) atoms. The van der Waals surface area contributed by atoms with Gasteiger partial charge in [0, 0.05) is 5.57 Å². The van der Waals surface area contributed by atoms with Crippen molar-refractivity contribution in [2.45, 2.75) is 38.4 Å². The minimum absolute atomic E-state index is 0.00415. The van der Waals surface area contributed by atoms with Gasteiger partial charge >= 0.3 is 0 Å². The summed E-state index contributed by atoms with van der Waals surface area (Å²) >= 11 is 2.06. The maximum atomic E-state index is 12.2. The maximum Gasteiger partial charge on any atom is 0.200 e. The quantitative estimate of drug-likeness (QED) is 0.730. The van der Waals surface area contributed by atoms with Crippen LogP contribution in [-0.2, 0) is 25.6 Å². The summed E-state index contributed by atoms with van der Waals surface area (Å²) in [4.78, 5) is 12.2. The maximum absolute atomic E-state index is 12.2. The molecule has 4 nitrogen and oxygen atoms in total. The Labute approximate surface area is 137 Å². The molecule has 0 radical (unpaired) electrons. The number of carbonyl (C=O) groups excluding carboxylic acids is 1. The highest BCUT2D eigenvalue weighted by Gasteiger charge is 2.52. The molecule has 112 valence electrons. The molecule has 1 fully saturated rings. The van der Waals surface area contributed by atoms with Crippen molar-refractivity contribution >= 4 is 28.4 Å². The van der Waals surface area contributed by atoms with Crippen LogP contribution >= 0.6 is 22.6 Å². The summed E-state index contributed by atoms with van der Waals surface area (Å²) in [5, 5.41) is 0. The van der Waals surface area contributed by atoms with Crippen molar-refractivity contribution in [1.29, 1.82) is 0 Å². The number of rotatable bonds is 4. The Kier molecular flexibility index (Phi) is 4.18. The molecule has 1 aliphatic carbocycles. The van der Waals surface area contributed by atoms with E-state index in [1.807, 2.05) is 44.2 Å². The smallest absolute Gasteiger partial charge is 0.200 e. The van der Waals surface area contributed by atoms with Gasteiger partial charge in [0.25, 0.3) is 0 Å². The standard InChI is InChI=1S/C16H17IO4/c1-16(2)20-14-11(12(17)13(18)15(14)21-16)9-19-8-10-6-4-3-5-7-10/h3-7,14-15H,8-9H2,1-2H3/t14-,15+/m1/s1. The van der Waals surface area contributed by atoms with Gasteiger partial charge in [0.15, 0.2) is 11.9 Å². The van der Waals surface area contributed by atoms with E-state index in [0.29, 0.717) is 16.8 Å². The van der Waals surface area contributed by atoms with Crippen molar-refractivity contribution in [1.82, 2.24) is 0 Å². The number of ketones is 1. The third-order valence-corrected chi connectivity index (χ3v) is 4.79. The lowest BCUT2D eigenvalue weighted by atomic mass is 10.1. The zero-order valence-corrected chi connectivity index (χ0v) is 14.1. The van der Waals surface area contributed by atoms with Gasteiger partial charge in [0.1, 0.15) is 6.10 Å². The van der Waals surface area contributed by atoms with Crippen LogP contribution in [0.25, 0.3) is 0 Å². The Morgan fingerprint density at radius 3 is 2.52 bits per heavy atom. The van der Waals surface area contributed by atoms with Gasteiger partial charge in [0.2, 0.25) is 5.78 Å². The number of benzene rings is 1. The highest BCUT2D eigenvalue weighted by molar-refractivity contribution is 14.1. The molecular formula is C16H17IO4. The van der Waals surface area contributed by atoms with Crippen LogP contribution in [0.2, 0.25) is 0 Å². The van der Waals surface area contributed by atoms with E-state index in [1.165, 1.54) is 0 Å². The number of carbonyl (C=O) groups is 1. The predicted molar refractivity (Wildman–Crippen MR) is 86.0 cm³/mol. The van der Waals surface area contributed by atoms with Crippen LogP contribution in [0, 0.1) is 0 Å². The topological polar surface area (TPSA) is 44.8 Å². The molecule has 0 spiro atoms. The fourth-order valence-electron chi connectivity index (χ4n) is 2.61. The van der Waals surface area contributed by atoms with Crippen molar-refractivity contribution in [3.8, 4) is 0 Å². The molecule has 1 saturated heterocycles. The lowest BCUT2D eigenvalue weighted by Gasteiger charge is -2.19. The van der Waals surface area contributed by atoms with Gasteiger partial charge in [-0.05, 0) is 42.0 Å². The van der Waals surface area contributed by atoms with Gasteiger partial charge in [-0.1, -0.05) is 30.3 Å². The van der Waals surface area contributed by atoms with Crippen LogP contribution in [0.4, 0.5) is 0 Å². The Morgan fingerprint density at radius 1 is 1.14 bits per heavy atom. The summed E-state index contributed by atoms with van der Waals surface area (Å²) in [6.45, 7) is 4.56. The molecule has 0 amide bonds. The molecule has 0 N–H and O–H groups in total. The third-order valence-electron chi connectivity index (χ3n) is 3.57. The average Bonchev–Trinajstić information content (AvgIpc) is 2.87. The zero-order valence-electron chi connectivity index (χ0n) is 12.0. The first kappa shape index (κ1) is 15.1. The zero-order chi connectivity index (χ0) is 15.0. The number of ether oxygens (including phenoxy) is 3. The highest BCUT2D eigenvalue weighted by Crippen LogP contribution is 2.41. The number of Topliss-reactive ketones (excluding diaryl/α,β-unsaturated/α-hetero) is 1. The first-order valence-electron chi connectivity index (χ1n) is 6.88. The third kappa shape index (κ3) is 3.06. The number of hydrogen-bond acceptors (Lipinski definition) is 4. The first-order chi connectivity index (χ1) is 9.98. The van der Waals surface area contributed by atoms with E-state index in [1.54, 1.807) is 0 Å². The van der Waals surface area contributed by atoms with E-state index in [-0.39, 0.29) is 11.9 Å². The summed E-state index contributed by atoms with van der Waals surface area (Å²) in [6, 6.07) is 9.96. The second-order valence-electron chi connectivity index (χ2n) is 5.66. The van der Waals surface area contributed by atoms with E-state index in [0.717, 1.165) is 11.1 Å². The van der Waals surface area contributed by atoms with E-state index in [4.69, 9.17) is 14.2 Å². The van der Waals surface area contributed by atoms with Gasteiger partial charge in [-0.15, -0.1) is 0 Å². The van der Waals surface area contributed by atoms with E-state index in [2.05, 4.69) is 22.6 Å². The van der Waals surface area contributed by atoms with Gasteiger partial charge in [-0.3, -0.25) is 4.79 Å². The fraction of sp³-hybridized carbons (Fsp3) is 0.438. The number of halogens is 1. The predicted octanol–water partition coefficient (Wildman–Crippen LogP) is 3.00. The average molecular weight is 400 g/mol. The van der Waals surface area contributed by atoms with Gasteiger partial charge in [-0.25, -0.2) is 0 Å². The van der Waals surface area contributed by atoms with Crippen molar-refractivity contribution in [2.75, 3.05) is 6.61 Å². The lowest BCUT2D eigenvalue weighted by molar-refractivity contribution is -0.153. The summed E-state index contributed by atoms with van der Waals surface area (Å²) < 4.78 is 18.0. The molecule has 2 aliphatic rings. The normalized spacial score (nSPS) is 27.3. The van der Waals surface area contributed by atoms with Crippen LogP contribution in [0.15, 0.2) is 39.5 Å². The Hall–Kier alpha value is -0.760. The molecule has 1 aromatic rings. The largest absolute Gasteiger partial charge is 0.372 e. The summed E-state index contributed by atoms with van der Waals surface area (Å²) in [7, 11) is 0. The fourth-order valence-corrected chi connectivity index (χ4v) is 3.38. The monoisotopic (exact) mass is 400 g/mol. The molecule has 0 saturated carbocycles. The first-order valence-corrected chi connectivity index (χ1v) is 7.96. The number of fused-ring (bicyclic) bond motifs is 1. The van der Waals surface area contributed by atoms with E-state index in [9.17, 15) is 4.79 Å². The van der Waals surface area contributed by atoms with E-state index >= 15 is 0 Å². The van der Waals surface area contributed by atoms with Gasteiger partial charge in [-0.2, -0.15) is 0 Å². The molecule has 1 heterocycles. The van der Waals surface area contributed by atoms with Crippen LogP contribution in [0.1, 0.15) is 19.4 Å². The van der Waals surface area contributed by atoms with Crippen LogP contribution in [0.3, 0.4) is 0 Å². The molecular weight excluding hydrogens is 383 g/mol. The lowest BCUT2D eigenvalue weighted by Crippen LogP contribution is -2.26. The molecule has 0 bridgehead atoms. The van der Waals surface area contributed by atoms with Crippen molar-refractivity contribution in [3.63, 3.8) is 0 Å². The van der Waals surface area contributed by atoms with E-state index < -0.39 is 11.9 Å². The number of hydrogen-bond donors (Lipinski definition) is 0. The summed E-state index contributed by atoms with van der Waals surface area (Å²) in [5.74, 6) is -0.711. The van der Waals surface area contributed by atoms with Crippen LogP contribution < -0.4 is 0 Å². The van der Waals surface area contributed by atoms with Gasteiger partial charge in [0.05, 0.1) is 16.8 Å². The second-order valence-corrected chi connectivity index (χ2v) is 6.74. The Bertz CT molecular complexity index is 579. The summed E-state index contributed by atoms with van der Waals surface area (Å²) in [6.07, 6.45) is -0.822. The molecule has 3 rings (SSSR count). The molecule has 1 aliphatic heterocycles. The van der Waals surface area contributed by atoms with Crippen molar-refractivity contribution in [2.24, 2.45) is 0 Å². The minimum atomic E-state index is -0.715. The molecule has 0 unspecified atom stereocenters. The molecule has 5 heteroatoms. The minimum Gasteiger partial charge on any atom is -0.372 e. The molecule has 0 aromatic heterocycles. The summed E-state index contributed by atoms with van der Waals surface area (Å²) in [5.41, 5.74) is 2.00. The second kappa shape index (κ2) is 5.79. The van der Waals surface area contributed by atoms with Crippen molar-refractivity contribution < 1.29 is 19.0 Å². The molecule has 1 aromatic carbocycles. The van der Waals surface area contributed by atoms with Crippen LogP contribution in [0.5, 0.6) is 0 Å². The Morgan fingerprint density at radius 2 is 1.81 bits per heavy atom. The van der Waals surface area contributed by atoms with Gasteiger partial charge < -0.3 is 14.2 Å².